The summed E-state index contributed by atoms with van der Waals surface area (Å²) < 4.78 is 5.36. The highest BCUT2D eigenvalue weighted by molar-refractivity contribution is 6.31. The lowest BCUT2D eigenvalue weighted by atomic mass is 10.0. The summed E-state index contributed by atoms with van der Waals surface area (Å²) in [5.74, 6) is -0.662. The van der Waals surface area contributed by atoms with Crippen molar-refractivity contribution in [2.24, 2.45) is 0 Å². The zero-order chi connectivity index (χ0) is 51.5. The summed E-state index contributed by atoms with van der Waals surface area (Å²) in [6.45, 7) is 10.1. The van der Waals surface area contributed by atoms with Crippen molar-refractivity contribution in [1.82, 2.24) is 45.0 Å². The van der Waals surface area contributed by atoms with Gasteiger partial charge in [-0.1, -0.05) is 92.6 Å². The highest BCUT2D eigenvalue weighted by Gasteiger charge is 2.17. The molecule has 9 aromatic rings. The van der Waals surface area contributed by atoms with Crippen molar-refractivity contribution < 1.29 is 34.8 Å². The Morgan fingerprint density at radius 2 is 0.931 bits per heavy atom. The molecule has 0 amide bonds. The van der Waals surface area contributed by atoms with Crippen LogP contribution in [0, 0.1) is 27.7 Å². The Balaban J connectivity index is 0.000000164. The number of carbonyl (C=O) groups excluding carboxylic acids is 1. The molecule has 6 aromatic carbocycles. The van der Waals surface area contributed by atoms with Gasteiger partial charge in [-0.3, -0.25) is 9.59 Å². The van der Waals surface area contributed by atoms with E-state index in [2.05, 4.69) is 37.5 Å². The largest absolute Gasteiger partial charge is 0.505 e. The van der Waals surface area contributed by atoms with E-state index in [1.54, 1.807) is 55.5 Å². The number of ether oxygens (including phenoxy) is 1. The molecule has 16 nitrogen and oxygen atoms in total. The van der Waals surface area contributed by atoms with Crippen LogP contribution >= 0.6 is 23.2 Å². The SMILES string of the molecule is CCCCCCCCOC(=O)CCc1cc(C)c(O)c(-n2nc3ccc(Cl)cc3n2)c1.Cc1cc(C)c(O)c(-n2nc3ccccc3n2)c1.Cc1cc(CCC(=O)O)cc(-n2nc3ccc(Cl)cc3n2)c1O. The van der Waals surface area contributed by atoms with Crippen molar-refractivity contribution in [2.75, 3.05) is 6.61 Å². The number of hydrogen-bond donors (Lipinski definition) is 4. The van der Waals surface area contributed by atoms with Gasteiger partial charge in [0.2, 0.25) is 0 Å². The van der Waals surface area contributed by atoms with Gasteiger partial charge in [-0.05, 0) is 147 Å². The van der Waals surface area contributed by atoms with E-state index in [0.717, 1.165) is 46.1 Å². The summed E-state index contributed by atoms with van der Waals surface area (Å²) in [6, 6.07) is 29.0. The van der Waals surface area contributed by atoms with Crippen LogP contribution in [-0.2, 0) is 27.2 Å². The van der Waals surface area contributed by atoms with Crippen LogP contribution in [0.1, 0.15) is 91.7 Å². The van der Waals surface area contributed by atoms with E-state index >= 15 is 0 Å². The molecule has 0 unspecified atom stereocenters. The number of aromatic hydroxyl groups is 3. The highest BCUT2D eigenvalue weighted by Crippen LogP contribution is 2.31. The van der Waals surface area contributed by atoms with Crippen LogP contribution in [0.4, 0.5) is 0 Å². The first-order chi connectivity index (χ1) is 34.6. The van der Waals surface area contributed by atoms with Gasteiger partial charge < -0.3 is 25.2 Å². The van der Waals surface area contributed by atoms with E-state index in [4.69, 9.17) is 33.0 Å². The second-order valence-electron chi connectivity index (χ2n) is 17.6. The van der Waals surface area contributed by atoms with Crippen molar-refractivity contribution >= 4 is 68.2 Å². The predicted molar refractivity (Wildman–Crippen MR) is 279 cm³/mol. The third-order valence-electron chi connectivity index (χ3n) is 11.7. The molecule has 4 N–H and O–H groups in total. The maximum absolute atomic E-state index is 12.1. The first-order valence-electron chi connectivity index (χ1n) is 23.8. The normalized spacial score (nSPS) is 11.1. The minimum absolute atomic E-state index is 0.0216. The molecular weight excluding hydrogens is 958 g/mol. The summed E-state index contributed by atoms with van der Waals surface area (Å²) in [7, 11) is 0. The van der Waals surface area contributed by atoms with E-state index < -0.39 is 5.97 Å². The number of aryl methyl sites for hydroxylation is 6. The van der Waals surface area contributed by atoms with Crippen molar-refractivity contribution in [1.29, 1.82) is 0 Å². The number of unbranched alkanes of at least 4 members (excludes halogenated alkanes) is 5. The number of carboxylic acids is 1. The van der Waals surface area contributed by atoms with Crippen molar-refractivity contribution in [3.63, 3.8) is 0 Å². The van der Waals surface area contributed by atoms with Crippen LogP contribution in [0.3, 0.4) is 0 Å². The molecule has 0 saturated carbocycles. The maximum Gasteiger partial charge on any atom is 0.306 e. The zero-order valence-electron chi connectivity index (χ0n) is 40.8. The molecule has 0 saturated heterocycles. The molecule has 72 heavy (non-hydrogen) atoms. The van der Waals surface area contributed by atoms with Crippen LogP contribution in [0.5, 0.6) is 17.2 Å². The van der Waals surface area contributed by atoms with Gasteiger partial charge in [-0.15, -0.1) is 45.0 Å². The number of aromatic nitrogens is 9. The monoisotopic (exact) mass is 1010 g/mol. The van der Waals surface area contributed by atoms with Gasteiger partial charge in [0, 0.05) is 22.9 Å². The van der Waals surface area contributed by atoms with Gasteiger partial charge in [0.05, 0.1) is 6.61 Å². The number of aliphatic carboxylic acids is 1. The number of carboxylic acid groups (broad SMARTS) is 1. The molecule has 0 bridgehead atoms. The second kappa shape index (κ2) is 24.0. The number of phenols is 3. The fraction of sp³-hybridized carbons (Fsp3) is 0.296. The minimum Gasteiger partial charge on any atom is -0.505 e. The van der Waals surface area contributed by atoms with Gasteiger partial charge in [-0.2, -0.15) is 0 Å². The van der Waals surface area contributed by atoms with Crippen molar-refractivity contribution in [3.8, 4) is 34.3 Å². The average Bonchev–Trinajstić information content (AvgIpc) is 4.10. The molecule has 0 fully saturated rings. The zero-order valence-corrected chi connectivity index (χ0v) is 42.3. The minimum atomic E-state index is -0.866. The number of phenolic OH excluding ortho intramolecular Hbond substituents is 3. The number of halogens is 2. The fourth-order valence-electron chi connectivity index (χ4n) is 7.95. The first-order valence-corrected chi connectivity index (χ1v) is 24.5. The Morgan fingerprint density at radius 3 is 1.42 bits per heavy atom. The summed E-state index contributed by atoms with van der Waals surface area (Å²) in [4.78, 5) is 27.1. The summed E-state index contributed by atoms with van der Waals surface area (Å²) in [5.41, 5.74) is 10.7. The van der Waals surface area contributed by atoms with Crippen LogP contribution in [0.2, 0.25) is 10.0 Å². The third kappa shape index (κ3) is 13.4. The third-order valence-corrected chi connectivity index (χ3v) is 12.2. The van der Waals surface area contributed by atoms with E-state index in [1.165, 1.54) is 40.1 Å². The first kappa shape index (κ1) is 52.3. The van der Waals surface area contributed by atoms with Gasteiger partial charge in [0.25, 0.3) is 0 Å². The number of carbonyl (C=O) groups is 2. The van der Waals surface area contributed by atoms with Crippen molar-refractivity contribution in [2.45, 2.75) is 98.8 Å². The summed E-state index contributed by atoms with van der Waals surface area (Å²) in [6.07, 6.45) is 8.18. The predicted octanol–water partition coefficient (Wildman–Crippen LogP) is 11.8. The fourth-order valence-corrected chi connectivity index (χ4v) is 8.28. The molecular formula is C54H57Cl2N9O7. The number of benzene rings is 6. The van der Waals surface area contributed by atoms with Gasteiger partial charge >= 0.3 is 11.9 Å². The lowest BCUT2D eigenvalue weighted by Crippen LogP contribution is -2.08. The Hall–Kier alpha value is -7.56. The van der Waals surface area contributed by atoms with E-state index in [-0.39, 0.29) is 29.6 Å². The van der Waals surface area contributed by atoms with Gasteiger partial charge in [-0.25, -0.2) is 0 Å². The van der Waals surface area contributed by atoms with E-state index in [1.807, 2.05) is 69.3 Å². The molecule has 0 spiro atoms. The van der Waals surface area contributed by atoms with E-state index in [0.29, 0.717) is 86.2 Å². The number of rotatable bonds is 16. The molecule has 3 aromatic heterocycles. The van der Waals surface area contributed by atoms with Crippen LogP contribution in [-0.4, -0.2) is 84.0 Å². The molecule has 9 rings (SSSR count). The summed E-state index contributed by atoms with van der Waals surface area (Å²) in [5, 5.41) is 67.1. The molecule has 0 aliphatic carbocycles. The molecule has 0 atom stereocenters. The van der Waals surface area contributed by atoms with E-state index in [9.17, 15) is 24.9 Å². The molecule has 18 heteroatoms. The highest BCUT2D eigenvalue weighted by atomic mass is 35.5. The van der Waals surface area contributed by atoms with Crippen LogP contribution < -0.4 is 0 Å². The van der Waals surface area contributed by atoms with Crippen molar-refractivity contribution in [3.05, 3.63) is 140 Å². The molecule has 0 radical (unpaired) electrons. The smallest absolute Gasteiger partial charge is 0.306 e. The Morgan fingerprint density at radius 1 is 0.514 bits per heavy atom. The molecule has 374 valence electrons. The number of nitrogens with zero attached hydrogens (tertiary/aromatic N) is 9. The number of esters is 1. The summed E-state index contributed by atoms with van der Waals surface area (Å²) >= 11 is 12.0. The molecule has 0 aliphatic rings. The lowest BCUT2D eigenvalue weighted by Gasteiger charge is -2.10. The van der Waals surface area contributed by atoms with Gasteiger partial charge in [0.15, 0.2) is 0 Å². The topological polar surface area (TPSA) is 216 Å². The van der Waals surface area contributed by atoms with Crippen LogP contribution in [0.15, 0.2) is 97.1 Å². The Bertz CT molecular complexity index is 3330. The average molecular weight is 1020 g/mol. The lowest BCUT2D eigenvalue weighted by molar-refractivity contribution is -0.143. The Labute approximate surface area is 426 Å². The number of hydrogen-bond acceptors (Lipinski definition) is 12. The second-order valence-corrected chi connectivity index (χ2v) is 18.5. The molecule has 0 aliphatic heterocycles. The quantitative estimate of drug-likeness (QED) is 0.0524. The van der Waals surface area contributed by atoms with Crippen LogP contribution in [0.25, 0.3) is 50.2 Å². The molecule has 3 heterocycles. The number of fused-ring (bicyclic) bond motifs is 3. The Kier molecular flexibility index (Phi) is 17.4. The van der Waals surface area contributed by atoms with Gasteiger partial charge in [0.1, 0.15) is 67.4 Å². The maximum atomic E-state index is 12.1. The standard InChI is InChI=1S/C24H30ClN3O3.C16H14ClN3O3.C14H13N3O/c1-3-4-5-6-7-8-13-31-23(29)12-9-18-14-17(2)24(30)22(15-18)28-26-20-11-10-19(25)16-21(20)27-28;1-9-6-10(2-5-15(21)22)7-14(16(9)23)20-18-12-4-3-11(17)8-13(12)19-20;1-9-7-10(2)14(18)13(8-9)17-15-11-5-3-4-6-12(11)16-17/h10-11,14-16,30H,3-9,12-13H2,1-2H3;3-4,6-8,23H,2,5H2,1H3,(H,21,22);3-8,18H,1-2H3.